The van der Waals surface area contributed by atoms with E-state index in [0.717, 1.165) is 0 Å². The number of amides is 4. The molecule has 342 valence electrons. The van der Waals surface area contributed by atoms with Crippen LogP contribution in [0, 0.1) is 17.8 Å². The number of sulfonamides is 1. The van der Waals surface area contributed by atoms with Gasteiger partial charge in [-0.2, -0.15) is 13.2 Å². The number of nitrogens with one attached hydrogen (secondary N) is 3. The Bertz CT molecular complexity index is 2200. The number of hydrogen-bond donors (Lipinski definition) is 3. The maximum atomic E-state index is 15.1. The first-order valence-electron chi connectivity index (χ1n) is 20.9. The molecule has 3 heterocycles. The molecule has 0 radical (unpaired) electrons. The van der Waals surface area contributed by atoms with Gasteiger partial charge in [-0.25, -0.2) is 23.2 Å². The number of carbonyl (C=O) groups excluding carboxylic acids is 4. The van der Waals surface area contributed by atoms with Crippen LogP contribution in [0.25, 0.3) is 11.0 Å². The summed E-state index contributed by atoms with van der Waals surface area (Å²) in [6, 6.07) is 2.23. The van der Waals surface area contributed by atoms with Gasteiger partial charge >= 0.3 is 12.3 Å². The van der Waals surface area contributed by atoms with Gasteiger partial charge < -0.3 is 34.5 Å². The largest absolute Gasteiger partial charge is 0.497 e. The minimum Gasteiger partial charge on any atom is -0.497 e. The Labute approximate surface area is 359 Å². The molecule has 2 aliphatic heterocycles. The van der Waals surface area contributed by atoms with Gasteiger partial charge in [0.15, 0.2) is 0 Å². The summed E-state index contributed by atoms with van der Waals surface area (Å²) in [6.45, 7) is 8.23. The number of alkyl carbamates (subject to hydrolysis) is 1. The Morgan fingerprint density at radius 2 is 1.79 bits per heavy atom. The van der Waals surface area contributed by atoms with Crippen molar-refractivity contribution in [3.63, 3.8) is 0 Å². The predicted molar refractivity (Wildman–Crippen MR) is 219 cm³/mol. The monoisotopic (exact) mass is 894 g/mol. The number of rotatable bonds is 11. The molecule has 1 aromatic carbocycles. The van der Waals surface area contributed by atoms with Gasteiger partial charge in [0, 0.05) is 37.4 Å². The maximum absolute atomic E-state index is 15.1. The minimum absolute atomic E-state index is 0.0816. The van der Waals surface area contributed by atoms with Crippen LogP contribution >= 0.6 is 0 Å². The molecule has 7 atom stereocenters. The molecule has 16 nitrogen and oxygen atoms in total. The fourth-order valence-corrected chi connectivity index (χ4v) is 9.33. The summed E-state index contributed by atoms with van der Waals surface area (Å²) < 4.78 is 91.5. The molecular formula is C42H57F3N6O10S. The summed E-state index contributed by atoms with van der Waals surface area (Å²) in [6.07, 6.45) is -1.79. The van der Waals surface area contributed by atoms with E-state index in [1.807, 2.05) is 26.8 Å². The van der Waals surface area contributed by atoms with E-state index < -0.39 is 85.9 Å². The summed E-state index contributed by atoms with van der Waals surface area (Å²) >= 11 is 0. The van der Waals surface area contributed by atoms with Crippen molar-refractivity contribution < 1.29 is 59.7 Å². The van der Waals surface area contributed by atoms with Crippen molar-refractivity contribution >= 4 is 44.9 Å². The third kappa shape index (κ3) is 9.75. The summed E-state index contributed by atoms with van der Waals surface area (Å²) in [7, 11) is -1.21. The topological polar surface area (TPSA) is 204 Å². The number of ether oxygens (including phenoxy) is 4. The first-order chi connectivity index (χ1) is 28.9. The smallest absolute Gasteiger partial charge is 0.427 e. The van der Waals surface area contributed by atoms with Gasteiger partial charge in [0.25, 0.3) is 5.91 Å². The second-order valence-corrected chi connectivity index (χ2v) is 20.3. The number of nitrogens with zero attached hydrogens (tertiary/aromatic N) is 3. The molecule has 2 saturated carbocycles. The molecule has 1 saturated heterocycles. The number of methoxy groups -OCH3 is 2. The van der Waals surface area contributed by atoms with Crippen molar-refractivity contribution in [1.82, 2.24) is 30.2 Å². The number of fused-ring (bicyclic) bond motifs is 3. The van der Waals surface area contributed by atoms with E-state index in [4.69, 9.17) is 28.9 Å². The van der Waals surface area contributed by atoms with Crippen LogP contribution in [0.3, 0.4) is 0 Å². The van der Waals surface area contributed by atoms with Gasteiger partial charge in [-0.05, 0) is 77.3 Å². The van der Waals surface area contributed by atoms with E-state index in [9.17, 15) is 36.0 Å². The molecule has 3 fully saturated rings. The van der Waals surface area contributed by atoms with Crippen LogP contribution in [0.4, 0.5) is 18.0 Å². The molecule has 2 aromatic rings. The van der Waals surface area contributed by atoms with Gasteiger partial charge in [-0.3, -0.25) is 19.1 Å². The molecule has 4 aliphatic rings. The molecule has 0 spiro atoms. The van der Waals surface area contributed by atoms with Crippen LogP contribution in [0.15, 0.2) is 30.4 Å². The van der Waals surface area contributed by atoms with Crippen molar-refractivity contribution in [3.05, 3.63) is 36.0 Å². The lowest BCUT2D eigenvalue weighted by Gasteiger charge is -2.35. The van der Waals surface area contributed by atoms with Crippen molar-refractivity contribution in [1.29, 1.82) is 0 Å². The SMILES string of the molecule is COCC1CC(C)CCC=CC2CC2(C(=O)NS(=O)(=O)C2(C)CC2)NC(=O)C2CC(Oc3nc4cc(OC)ccc4nc3C(C)C)CN2C(=O)C1NC(=O)OC(C)(C)C(F)(F)F. The Balaban J connectivity index is 1.40. The fraction of sp³-hybridized carbons (Fsp3) is 0.667. The zero-order valence-electron chi connectivity index (χ0n) is 36.3. The molecule has 1 aromatic heterocycles. The first-order valence-corrected chi connectivity index (χ1v) is 22.4. The first kappa shape index (κ1) is 46.8. The normalized spacial score (nSPS) is 27.9. The van der Waals surface area contributed by atoms with Gasteiger partial charge in [0.1, 0.15) is 35.2 Å². The van der Waals surface area contributed by atoms with Crippen LogP contribution < -0.4 is 24.8 Å². The van der Waals surface area contributed by atoms with Crippen LogP contribution in [0.2, 0.25) is 0 Å². The highest BCUT2D eigenvalue weighted by Crippen LogP contribution is 2.48. The average Bonchev–Trinajstić information content (AvgIpc) is 4.07. The van der Waals surface area contributed by atoms with E-state index in [2.05, 4.69) is 15.4 Å². The van der Waals surface area contributed by atoms with Crippen LogP contribution in [0.1, 0.15) is 98.1 Å². The van der Waals surface area contributed by atoms with E-state index in [0.29, 0.717) is 62.0 Å². The number of benzene rings is 1. The van der Waals surface area contributed by atoms with E-state index >= 15 is 4.79 Å². The standard InChI is InChI=1S/C42H57F3N6O10S/c1-23(2)32-35(47-30-18-27(59-8)13-14-29(30)46-32)60-28-19-31-34(52)49-41(37(54)50-62(56,57)40(6)15-16-40)20-26(41)12-10-9-11-24(3)17-25(22-58-7)33(36(53)51(31)21-28)48-38(55)61-39(4,5)42(43,44)45/h10,12-14,18,23-26,28,31,33H,9,11,15-17,19-22H2,1-8H3,(H,48,55)(H,49,52)(H,50,54). The van der Waals surface area contributed by atoms with Crippen molar-refractivity contribution in [3.8, 4) is 11.6 Å². The molecule has 2 aliphatic carbocycles. The Morgan fingerprint density at radius 1 is 1.08 bits per heavy atom. The van der Waals surface area contributed by atoms with Gasteiger partial charge in [0.05, 0.1) is 36.0 Å². The van der Waals surface area contributed by atoms with E-state index in [1.54, 1.807) is 24.3 Å². The van der Waals surface area contributed by atoms with Crippen LogP contribution in [-0.4, -0.2) is 115 Å². The Morgan fingerprint density at radius 3 is 2.42 bits per heavy atom. The van der Waals surface area contributed by atoms with Crippen molar-refractivity contribution in [2.45, 2.75) is 133 Å². The minimum atomic E-state index is -4.95. The van der Waals surface area contributed by atoms with Crippen LogP contribution in [0.5, 0.6) is 11.6 Å². The number of allylic oxidation sites excluding steroid dienone is 1. The second kappa shape index (κ2) is 17.4. The average molecular weight is 895 g/mol. The molecule has 4 amide bonds. The lowest BCUT2D eigenvalue weighted by molar-refractivity contribution is -0.244. The number of hydrogen-bond acceptors (Lipinski definition) is 12. The summed E-state index contributed by atoms with van der Waals surface area (Å²) in [5.74, 6) is -3.61. The second-order valence-electron chi connectivity index (χ2n) is 18.1. The van der Waals surface area contributed by atoms with Gasteiger partial charge in [-0.1, -0.05) is 32.9 Å². The molecule has 62 heavy (non-hydrogen) atoms. The van der Waals surface area contributed by atoms with Crippen LogP contribution in [-0.2, 0) is 33.9 Å². The summed E-state index contributed by atoms with van der Waals surface area (Å²) in [5.41, 5.74) is -3.10. The van der Waals surface area contributed by atoms with Crippen molar-refractivity contribution in [2.24, 2.45) is 17.8 Å². The molecule has 20 heteroatoms. The number of alkyl halides is 3. The van der Waals surface area contributed by atoms with Gasteiger partial charge in [0.2, 0.25) is 33.3 Å². The zero-order chi connectivity index (χ0) is 45.6. The number of carbonyl (C=O) groups is 4. The molecule has 3 N–H and O–H groups in total. The van der Waals surface area contributed by atoms with Crippen molar-refractivity contribution in [2.75, 3.05) is 27.4 Å². The number of halogens is 3. The third-order valence-corrected chi connectivity index (χ3v) is 14.6. The molecule has 0 bridgehead atoms. The predicted octanol–water partition coefficient (Wildman–Crippen LogP) is 5.06. The summed E-state index contributed by atoms with van der Waals surface area (Å²) in [5, 5.41) is 5.20. The zero-order valence-corrected chi connectivity index (χ0v) is 37.1. The summed E-state index contributed by atoms with van der Waals surface area (Å²) in [4.78, 5) is 67.8. The lowest BCUT2D eigenvalue weighted by atomic mass is 9.87. The highest BCUT2D eigenvalue weighted by molar-refractivity contribution is 7.91. The van der Waals surface area contributed by atoms with E-state index in [-0.39, 0.29) is 50.1 Å². The highest BCUT2D eigenvalue weighted by atomic mass is 32.2. The van der Waals surface area contributed by atoms with Gasteiger partial charge in [-0.15, -0.1) is 0 Å². The Hall–Kier alpha value is -4.72. The molecule has 7 unspecified atom stereocenters. The molecular weight excluding hydrogens is 838 g/mol. The maximum Gasteiger partial charge on any atom is 0.427 e. The third-order valence-electron chi connectivity index (χ3n) is 12.5. The number of aromatic nitrogens is 2. The van der Waals surface area contributed by atoms with E-state index in [1.165, 1.54) is 26.0 Å². The highest BCUT2D eigenvalue weighted by Gasteiger charge is 2.63. The quantitative estimate of drug-likeness (QED) is 0.254. The Kier molecular flexibility index (Phi) is 13.2. The molecule has 6 rings (SSSR count). The lowest BCUT2D eigenvalue weighted by Crippen LogP contribution is -2.60. The fourth-order valence-electron chi connectivity index (χ4n) is 8.02.